The highest BCUT2D eigenvalue weighted by Crippen LogP contribution is 2.13. The van der Waals surface area contributed by atoms with E-state index in [9.17, 15) is 8.42 Å². The third-order valence-corrected chi connectivity index (χ3v) is 2.41. The lowest BCUT2D eigenvalue weighted by atomic mass is 10.3. The predicted octanol–water partition coefficient (Wildman–Crippen LogP) is -0.139. The van der Waals surface area contributed by atoms with Crippen LogP contribution < -0.4 is 5.73 Å². The normalized spacial score (nSPS) is 20.8. The lowest BCUT2D eigenvalue weighted by Gasteiger charge is -2.29. The van der Waals surface area contributed by atoms with E-state index in [4.69, 9.17) is 20.4 Å². The Balaban J connectivity index is 2.65. The molecule has 1 aliphatic heterocycles. The molecule has 1 atom stereocenters. The Morgan fingerprint density at radius 2 is 2.33 bits per heavy atom. The SMILES string of the molecule is CCCCOC1=NC(=N)N(OS(=O)(=O)O)C(N)C1. The van der Waals surface area contributed by atoms with Crippen LogP contribution in [0.2, 0.25) is 0 Å². The second kappa shape index (κ2) is 6.09. The molecule has 0 saturated carbocycles. The lowest BCUT2D eigenvalue weighted by Crippen LogP contribution is -2.50. The summed E-state index contributed by atoms with van der Waals surface area (Å²) in [5, 5.41) is 7.95. The third-order valence-electron chi connectivity index (χ3n) is 2.07. The number of guanidine groups is 1. The molecule has 0 spiro atoms. The maximum atomic E-state index is 10.5. The van der Waals surface area contributed by atoms with Crippen LogP contribution in [-0.4, -0.2) is 42.7 Å². The minimum Gasteiger partial charge on any atom is -0.481 e. The highest BCUT2D eigenvalue weighted by molar-refractivity contribution is 7.80. The summed E-state index contributed by atoms with van der Waals surface area (Å²) in [7, 11) is -4.73. The van der Waals surface area contributed by atoms with Crippen molar-refractivity contribution in [1.82, 2.24) is 5.06 Å². The minimum atomic E-state index is -4.73. The van der Waals surface area contributed by atoms with Gasteiger partial charge < -0.3 is 10.5 Å². The number of nitrogens with two attached hydrogens (primary N) is 1. The van der Waals surface area contributed by atoms with Crippen LogP contribution in [0, 0.1) is 5.41 Å². The summed E-state index contributed by atoms with van der Waals surface area (Å²) in [6, 6.07) is 0. The van der Waals surface area contributed by atoms with E-state index in [1.807, 2.05) is 6.92 Å². The zero-order valence-corrected chi connectivity index (χ0v) is 10.7. The smallest absolute Gasteiger partial charge is 0.418 e. The highest BCUT2D eigenvalue weighted by atomic mass is 32.3. The Bertz CT molecular complexity index is 435. The number of nitrogens with one attached hydrogen (secondary N) is 1. The maximum Gasteiger partial charge on any atom is 0.418 e. The topological polar surface area (TPSA) is 138 Å². The lowest BCUT2D eigenvalue weighted by molar-refractivity contribution is -0.0285. The van der Waals surface area contributed by atoms with Gasteiger partial charge in [0.1, 0.15) is 6.17 Å². The van der Waals surface area contributed by atoms with Gasteiger partial charge in [-0.3, -0.25) is 9.96 Å². The summed E-state index contributed by atoms with van der Waals surface area (Å²) in [5.41, 5.74) is 5.59. The van der Waals surface area contributed by atoms with Gasteiger partial charge in [0, 0.05) is 0 Å². The van der Waals surface area contributed by atoms with Crippen LogP contribution in [0.1, 0.15) is 26.2 Å². The molecule has 0 fully saturated rings. The molecule has 1 rings (SSSR count). The number of ether oxygens (including phenoxy) is 1. The molecular weight excluding hydrogens is 264 g/mol. The number of rotatable bonds is 5. The Morgan fingerprint density at radius 3 is 2.83 bits per heavy atom. The summed E-state index contributed by atoms with van der Waals surface area (Å²) in [6.07, 6.45) is 0.914. The molecule has 1 heterocycles. The van der Waals surface area contributed by atoms with E-state index in [0.29, 0.717) is 11.7 Å². The van der Waals surface area contributed by atoms with Crippen LogP contribution in [0.5, 0.6) is 0 Å². The second-order valence-electron chi connectivity index (χ2n) is 3.63. The largest absolute Gasteiger partial charge is 0.481 e. The third kappa shape index (κ3) is 4.56. The first-order valence-electron chi connectivity index (χ1n) is 5.34. The standard InChI is InChI=1S/C8H16N4O5S/c1-2-3-4-16-7-5-6(9)12(8(10)11-7)17-18(13,14)15/h6,10H,2-5,9H2,1H3,(H,13,14,15). The number of hydrogen-bond acceptors (Lipinski definition) is 6. The molecule has 0 aromatic carbocycles. The van der Waals surface area contributed by atoms with Crippen LogP contribution in [0.3, 0.4) is 0 Å². The van der Waals surface area contributed by atoms with Crippen molar-refractivity contribution in [3.05, 3.63) is 0 Å². The quantitative estimate of drug-likeness (QED) is 0.470. The van der Waals surface area contributed by atoms with Gasteiger partial charge in [0.05, 0.1) is 13.0 Å². The fraction of sp³-hybridized carbons (Fsp3) is 0.750. The summed E-state index contributed by atoms with van der Waals surface area (Å²) < 4.78 is 39.0. The fourth-order valence-corrected chi connectivity index (χ4v) is 1.63. The highest BCUT2D eigenvalue weighted by Gasteiger charge is 2.30. The van der Waals surface area contributed by atoms with Gasteiger partial charge in [-0.15, -0.1) is 4.28 Å². The first-order chi connectivity index (χ1) is 8.33. The number of nitrogens with zero attached hydrogens (tertiary/aromatic N) is 2. The van der Waals surface area contributed by atoms with E-state index in [1.165, 1.54) is 0 Å². The molecule has 4 N–H and O–H groups in total. The van der Waals surface area contributed by atoms with Crippen LogP contribution >= 0.6 is 0 Å². The number of aliphatic imine (C=N–C) groups is 1. The number of hydrogen-bond donors (Lipinski definition) is 3. The first kappa shape index (κ1) is 14.8. The number of hydroxylamine groups is 2. The molecule has 0 aliphatic carbocycles. The van der Waals surface area contributed by atoms with Gasteiger partial charge in [-0.25, -0.2) is 0 Å². The van der Waals surface area contributed by atoms with E-state index >= 15 is 0 Å². The molecule has 0 bridgehead atoms. The van der Waals surface area contributed by atoms with E-state index < -0.39 is 22.5 Å². The van der Waals surface area contributed by atoms with Crippen LogP contribution in [-0.2, 0) is 19.4 Å². The molecule has 0 aromatic heterocycles. The first-order valence-corrected chi connectivity index (χ1v) is 6.70. The molecule has 1 unspecified atom stereocenters. The van der Waals surface area contributed by atoms with Gasteiger partial charge >= 0.3 is 10.4 Å². The van der Waals surface area contributed by atoms with Crippen molar-refractivity contribution in [3.63, 3.8) is 0 Å². The van der Waals surface area contributed by atoms with Crippen molar-refractivity contribution in [1.29, 1.82) is 5.41 Å². The monoisotopic (exact) mass is 280 g/mol. The zero-order valence-electron chi connectivity index (χ0n) is 9.87. The molecule has 9 nitrogen and oxygen atoms in total. The molecule has 0 aromatic rings. The number of unbranched alkanes of at least 4 members (excludes halogenated alkanes) is 1. The molecule has 0 saturated heterocycles. The second-order valence-corrected chi connectivity index (χ2v) is 4.64. The van der Waals surface area contributed by atoms with Gasteiger partial charge in [0.25, 0.3) is 0 Å². The summed E-state index contributed by atoms with van der Waals surface area (Å²) >= 11 is 0. The van der Waals surface area contributed by atoms with Gasteiger partial charge in [-0.2, -0.15) is 18.5 Å². The van der Waals surface area contributed by atoms with E-state index in [1.54, 1.807) is 0 Å². The van der Waals surface area contributed by atoms with Crippen molar-refractivity contribution in [3.8, 4) is 0 Å². The van der Waals surface area contributed by atoms with Crippen molar-refractivity contribution in [2.75, 3.05) is 6.61 Å². The Morgan fingerprint density at radius 1 is 1.67 bits per heavy atom. The van der Waals surface area contributed by atoms with Crippen molar-refractivity contribution >= 4 is 22.3 Å². The predicted molar refractivity (Wildman–Crippen MR) is 63.1 cm³/mol. The van der Waals surface area contributed by atoms with Gasteiger partial charge in [0.2, 0.25) is 5.96 Å². The molecular formula is C8H16N4O5S. The van der Waals surface area contributed by atoms with Crippen LogP contribution in [0.4, 0.5) is 0 Å². The molecule has 0 radical (unpaired) electrons. The molecule has 18 heavy (non-hydrogen) atoms. The Hall–Kier alpha value is -1.23. The summed E-state index contributed by atoms with van der Waals surface area (Å²) in [5.74, 6) is -0.297. The van der Waals surface area contributed by atoms with Crippen LogP contribution in [0.25, 0.3) is 0 Å². The summed E-state index contributed by atoms with van der Waals surface area (Å²) in [6.45, 7) is 2.45. The Kier molecular flexibility index (Phi) is 5.02. The van der Waals surface area contributed by atoms with Gasteiger partial charge in [-0.1, -0.05) is 13.3 Å². The molecule has 104 valence electrons. The Labute approximate surface area is 105 Å². The summed E-state index contributed by atoms with van der Waals surface area (Å²) in [4.78, 5) is 3.69. The maximum absolute atomic E-state index is 10.5. The van der Waals surface area contributed by atoms with E-state index in [0.717, 1.165) is 12.8 Å². The van der Waals surface area contributed by atoms with Crippen molar-refractivity contribution in [2.24, 2.45) is 10.7 Å². The molecule has 1 aliphatic rings. The average Bonchev–Trinajstić information content (AvgIpc) is 2.23. The molecule has 10 heteroatoms. The minimum absolute atomic E-state index is 0.0849. The average molecular weight is 280 g/mol. The van der Waals surface area contributed by atoms with Crippen molar-refractivity contribution in [2.45, 2.75) is 32.4 Å². The zero-order chi connectivity index (χ0) is 13.8. The van der Waals surface area contributed by atoms with E-state index in [-0.39, 0.29) is 12.3 Å². The molecule has 0 amide bonds. The fourth-order valence-electron chi connectivity index (χ4n) is 1.25. The van der Waals surface area contributed by atoms with Crippen molar-refractivity contribution < 1.29 is 22.0 Å². The van der Waals surface area contributed by atoms with Gasteiger partial charge in [-0.05, 0) is 6.42 Å². The van der Waals surface area contributed by atoms with Gasteiger partial charge in [0.15, 0.2) is 5.90 Å². The van der Waals surface area contributed by atoms with Crippen LogP contribution in [0.15, 0.2) is 4.99 Å². The van der Waals surface area contributed by atoms with E-state index in [2.05, 4.69) is 9.28 Å².